The first-order valence-electron chi connectivity index (χ1n) is 12.6. The van der Waals surface area contributed by atoms with E-state index in [0.29, 0.717) is 0 Å². The van der Waals surface area contributed by atoms with Crippen LogP contribution in [0.3, 0.4) is 0 Å². The Morgan fingerprint density at radius 2 is 0.600 bits per heavy atom. The van der Waals surface area contributed by atoms with Gasteiger partial charge in [0.05, 0.1) is 17.1 Å². The van der Waals surface area contributed by atoms with Crippen LogP contribution in [0.1, 0.15) is 17.1 Å². The van der Waals surface area contributed by atoms with Gasteiger partial charge in [0.15, 0.2) is 0 Å². The van der Waals surface area contributed by atoms with E-state index < -0.39 is 0 Å². The fourth-order valence-corrected chi connectivity index (χ4v) is 3.66. The summed E-state index contributed by atoms with van der Waals surface area (Å²) in [5.41, 5.74) is 9.32. The zero-order chi connectivity index (χ0) is 27.3. The number of hydrogen-bond acceptors (Lipinski definition) is 6. The third-order valence-corrected chi connectivity index (χ3v) is 5.62. The van der Waals surface area contributed by atoms with Gasteiger partial charge in [0.2, 0.25) is 0 Å². The minimum atomic E-state index is 0. The van der Waals surface area contributed by atoms with E-state index in [0.717, 1.165) is 50.9 Å². The second-order valence-corrected chi connectivity index (χ2v) is 8.73. The summed E-state index contributed by atoms with van der Waals surface area (Å²) in [5.74, 6) is 0. The van der Waals surface area contributed by atoms with Crippen LogP contribution in [0.4, 0.5) is 0 Å². The van der Waals surface area contributed by atoms with Gasteiger partial charge in [-0.2, -0.15) is 0 Å². The summed E-state index contributed by atoms with van der Waals surface area (Å²) in [5, 5.41) is 0. The van der Waals surface area contributed by atoms with Crippen molar-refractivity contribution < 1.29 is 20.1 Å². The van der Waals surface area contributed by atoms with Gasteiger partial charge in [-0.25, -0.2) is 29.9 Å². The maximum absolute atomic E-state index is 4.20. The van der Waals surface area contributed by atoms with Crippen LogP contribution in [0.5, 0.6) is 0 Å². The molecule has 0 bridgehead atoms. The van der Waals surface area contributed by atoms with Gasteiger partial charge in [-0.05, 0) is 39.0 Å². The van der Waals surface area contributed by atoms with E-state index in [1.165, 1.54) is 0 Å². The molecule has 0 radical (unpaired) electrons. The summed E-state index contributed by atoms with van der Waals surface area (Å²) in [6, 6.07) is 36.2. The van der Waals surface area contributed by atoms with Crippen LogP contribution < -0.4 is 0 Å². The van der Waals surface area contributed by atoms with E-state index in [1.54, 1.807) is 19.0 Å². The standard InChI is InChI=1S/3C11H10N2.Ir/c3*1-9-7-11(13-8-12-9)10-5-3-2-4-6-10;/h3*2-8H,1H3;/q;;;+3. The largest absolute Gasteiger partial charge is 3.00 e. The Bertz CT molecular complexity index is 1390. The van der Waals surface area contributed by atoms with Gasteiger partial charge in [-0.1, -0.05) is 91.0 Å². The topological polar surface area (TPSA) is 77.3 Å². The first-order valence-corrected chi connectivity index (χ1v) is 12.6. The quantitative estimate of drug-likeness (QED) is 0.192. The van der Waals surface area contributed by atoms with Crippen molar-refractivity contribution >= 4 is 0 Å². The average Bonchev–Trinajstić information content (AvgIpc) is 2.99. The molecule has 0 amide bonds. The smallest absolute Gasteiger partial charge is 0.242 e. The van der Waals surface area contributed by atoms with Crippen LogP contribution in [0, 0.1) is 20.8 Å². The minimum Gasteiger partial charge on any atom is -0.242 e. The molecule has 0 saturated carbocycles. The Morgan fingerprint density at radius 1 is 0.350 bits per heavy atom. The van der Waals surface area contributed by atoms with Gasteiger partial charge in [-0.15, -0.1) is 0 Å². The Kier molecular flexibility index (Phi) is 11.9. The zero-order valence-electron chi connectivity index (χ0n) is 22.6. The SMILES string of the molecule is Cc1cc(-c2ccccc2)ncn1.Cc1cc(-c2ccccc2)ncn1.Cc1cc(-c2ccccc2)ncn1.[Ir+3]. The van der Waals surface area contributed by atoms with Crippen LogP contribution in [0.2, 0.25) is 0 Å². The molecule has 3 aromatic heterocycles. The zero-order valence-corrected chi connectivity index (χ0v) is 25.0. The third kappa shape index (κ3) is 9.38. The first-order chi connectivity index (χ1) is 19.1. The maximum Gasteiger partial charge on any atom is 3.00 e. The van der Waals surface area contributed by atoms with E-state index in [2.05, 4.69) is 29.9 Å². The summed E-state index contributed by atoms with van der Waals surface area (Å²) in [6.45, 7) is 5.90. The van der Waals surface area contributed by atoms with E-state index in [4.69, 9.17) is 0 Å². The number of nitrogens with zero attached hydrogens (tertiary/aromatic N) is 6. The Hall–Kier alpha value is -4.45. The molecule has 0 aliphatic heterocycles. The number of rotatable bonds is 3. The van der Waals surface area contributed by atoms with Gasteiger partial charge in [0.25, 0.3) is 0 Å². The molecule has 0 unspecified atom stereocenters. The Labute approximate surface area is 249 Å². The van der Waals surface area contributed by atoms with Crippen molar-refractivity contribution in [3.8, 4) is 33.8 Å². The molecule has 3 heterocycles. The van der Waals surface area contributed by atoms with Crippen molar-refractivity contribution in [3.05, 3.63) is 145 Å². The Balaban J connectivity index is 0.000000163. The van der Waals surface area contributed by atoms with Crippen molar-refractivity contribution in [3.63, 3.8) is 0 Å². The molecule has 0 saturated heterocycles. The van der Waals surface area contributed by atoms with E-state index in [9.17, 15) is 0 Å². The second-order valence-electron chi connectivity index (χ2n) is 8.73. The summed E-state index contributed by atoms with van der Waals surface area (Å²) in [7, 11) is 0. The monoisotopic (exact) mass is 703 g/mol. The van der Waals surface area contributed by atoms with Crippen molar-refractivity contribution in [2.45, 2.75) is 20.8 Å². The molecule has 0 aliphatic rings. The molecule has 7 heteroatoms. The van der Waals surface area contributed by atoms with Crippen molar-refractivity contribution in [2.75, 3.05) is 0 Å². The molecule has 3 aromatic carbocycles. The van der Waals surface area contributed by atoms with Crippen molar-refractivity contribution in [1.29, 1.82) is 0 Å². The number of aromatic nitrogens is 6. The number of aryl methyl sites for hydroxylation is 3. The molecule has 6 rings (SSSR count). The molecule has 198 valence electrons. The van der Waals surface area contributed by atoms with Crippen LogP contribution in [-0.4, -0.2) is 29.9 Å². The molecule has 0 spiro atoms. The van der Waals surface area contributed by atoms with Gasteiger partial charge in [-0.3, -0.25) is 0 Å². The summed E-state index contributed by atoms with van der Waals surface area (Å²) >= 11 is 0. The normalized spacial score (nSPS) is 9.68. The van der Waals surface area contributed by atoms with Gasteiger partial charge < -0.3 is 0 Å². The molecule has 0 N–H and O–H groups in total. The van der Waals surface area contributed by atoms with E-state index in [1.807, 2.05) is 130 Å². The molecule has 0 aliphatic carbocycles. The van der Waals surface area contributed by atoms with Crippen LogP contribution in [-0.2, 0) is 20.1 Å². The summed E-state index contributed by atoms with van der Waals surface area (Å²) < 4.78 is 0. The molecule has 6 aromatic rings. The molecular weight excluding hydrogens is 673 g/mol. The molecule has 0 fully saturated rings. The molecule has 0 atom stereocenters. The first kappa shape index (κ1) is 30.1. The summed E-state index contributed by atoms with van der Waals surface area (Å²) in [6.07, 6.45) is 4.78. The van der Waals surface area contributed by atoms with E-state index >= 15 is 0 Å². The van der Waals surface area contributed by atoms with Crippen LogP contribution in [0.15, 0.2) is 128 Å². The van der Waals surface area contributed by atoms with Crippen LogP contribution in [0.25, 0.3) is 33.8 Å². The fraction of sp³-hybridized carbons (Fsp3) is 0.0909. The maximum atomic E-state index is 4.20. The van der Waals surface area contributed by atoms with E-state index in [-0.39, 0.29) is 20.1 Å². The number of benzene rings is 3. The van der Waals surface area contributed by atoms with Crippen molar-refractivity contribution in [2.24, 2.45) is 0 Å². The second kappa shape index (κ2) is 15.8. The molecule has 6 nitrogen and oxygen atoms in total. The predicted octanol–water partition coefficient (Wildman–Crippen LogP) is 7.35. The minimum absolute atomic E-state index is 0. The average molecular weight is 703 g/mol. The number of hydrogen-bond donors (Lipinski definition) is 0. The van der Waals surface area contributed by atoms with Crippen molar-refractivity contribution in [1.82, 2.24) is 29.9 Å². The van der Waals surface area contributed by atoms with Gasteiger partial charge >= 0.3 is 20.1 Å². The van der Waals surface area contributed by atoms with Gasteiger partial charge in [0, 0.05) is 33.8 Å². The summed E-state index contributed by atoms with van der Waals surface area (Å²) in [4.78, 5) is 24.8. The Morgan fingerprint density at radius 3 is 0.825 bits per heavy atom. The third-order valence-electron chi connectivity index (χ3n) is 5.62. The molecule has 40 heavy (non-hydrogen) atoms. The van der Waals surface area contributed by atoms with Crippen LogP contribution >= 0.6 is 0 Å². The molecular formula is C33H30IrN6+3. The predicted molar refractivity (Wildman–Crippen MR) is 157 cm³/mol. The van der Waals surface area contributed by atoms with Gasteiger partial charge in [0.1, 0.15) is 19.0 Å². The fourth-order valence-electron chi connectivity index (χ4n) is 3.66.